The van der Waals surface area contributed by atoms with Crippen LogP contribution in [0.4, 0.5) is 18.0 Å². The van der Waals surface area contributed by atoms with Gasteiger partial charge in [-0.1, -0.05) is 26.0 Å². The highest BCUT2D eigenvalue weighted by Gasteiger charge is 2.63. The van der Waals surface area contributed by atoms with Crippen molar-refractivity contribution in [1.29, 1.82) is 0 Å². The molecule has 6 rings (SSSR count). The molecule has 7 atom stereocenters. The third kappa shape index (κ3) is 9.81. The Kier molecular flexibility index (Phi) is 12.6. The number of ether oxygens (including phenoxy) is 4. The van der Waals surface area contributed by atoms with Gasteiger partial charge in [0.1, 0.15) is 29.5 Å². The number of alkyl halides is 3. The lowest BCUT2D eigenvalue weighted by Gasteiger charge is -2.34. The van der Waals surface area contributed by atoms with Gasteiger partial charge in [0.15, 0.2) is 0 Å². The second kappa shape index (κ2) is 16.8. The first-order valence-electron chi connectivity index (χ1n) is 20.6. The lowest BCUT2D eigenvalue weighted by atomic mass is 9.88. The van der Waals surface area contributed by atoms with Crippen LogP contribution in [-0.4, -0.2) is 102 Å². The molecule has 3 heterocycles. The van der Waals surface area contributed by atoms with Gasteiger partial charge in [-0.25, -0.2) is 13.2 Å². The number of nitrogens with one attached hydrogen (secondary N) is 3. The Bertz CT molecular complexity index is 2180. The van der Waals surface area contributed by atoms with Gasteiger partial charge in [-0.2, -0.15) is 18.2 Å². The fourth-order valence-electron chi connectivity index (χ4n) is 7.90. The molecule has 1 aromatic heterocycles. The molecule has 4 aliphatic rings. The van der Waals surface area contributed by atoms with Gasteiger partial charge in [-0.3, -0.25) is 19.1 Å². The number of benzene rings is 1. The summed E-state index contributed by atoms with van der Waals surface area (Å²) in [5.74, 6) is -2.86. The van der Waals surface area contributed by atoms with Gasteiger partial charge in [0.25, 0.3) is 5.91 Å². The standard InChI is InChI=1S/C42H56F3N5O10S/c1-23(2)58-32-19-26-18-28(57-8)13-14-30(26)35(46-32)59-29-20-31-34(51)48-41(37(53)49-61(55,56)40(7)15-16-40)21-27(41)12-10-9-11-24(3)17-25(4)33(36(52)50(31)22-29)47-38(54)60-39(5,6)42(43,44)45/h10,12-14,18-19,23-25,27,29,31,33H,9,11,15-17,20-22H2,1-8H3,(H,47,54)(H,48,51)(H,49,53)/t24-,25+,27+,29+,31-,33-,41+/m0/s1. The SMILES string of the molecule is COc1ccc2c(O[C@@H]3C[C@H]4C(=O)N[C@]5(C(=O)NS(=O)(=O)C6(C)CC6)C[C@H]5C=CCC[C@H](C)C[C@@H](C)[C@H](NC(=O)OC(C)(C)C(F)(F)F)C(=O)N4C3)nc(OC(C)C)cc2c1. The third-order valence-corrected chi connectivity index (χ3v) is 14.3. The maximum absolute atomic E-state index is 14.9. The van der Waals surface area contributed by atoms with Gasteiger partial charge in [-0.05, 0) is 109 Å². The van der Waals surface area contributed by atoms with E-state index in [1.165, 1.54) is 18.9 Å². The van der Waals surface area contributed by atoms with E-state index in [1.807, 2.05) is 26.8 Å². The highest BCUT2D eigenvalue weighted by atomic mass is 32.2. The number of rotatable bonds is 10. The molecule has 2 aliphatic carbocycles. The average Bonchev–Trinajstić information content (AvgIpc) is 4.04. The van der Waals surface area contributed by atoms with E-state index in [0.717, 1.165) is 0 Å². The van der Waals surface area contributed by atoms with Crippen molar-refractivity contribution in [3.8, 4) is 17.5 Å². The molecule has 0 unspecified atom stereocenters. The van der Waals surface area contributed by atoms with E-state index in [2.05, 4.69) is 20.3 Å². The number of nitrogens with zero attached hydrogens (tertiary/aromatic N) is 2. The van der Waals surface area contributed by atoms with E-state index in [-0.39, 0.29) is 43.2 Å². The Morgan fingerprint density at radius 1 is 1.08 bits per heavy atom. The minimum absolute atomic E-state index is 0.0512. The Morgan fingerprint density at radius 3 is 2.43 bits per heavy atom. The first kappa shape index (κ1) is 45.7. The molecule has 0 spiro atoms. The number of hydrogen-bond acceptors (Lipinski definition) is 11. The minimum Gasteiger partial charge on any atom is -0.497 e. The fourth-order valence-corrected chi connectivity index (χ4v) is 9.21. The number of sulfonamides is 1. The van der Waals surface area contributed by atoms with E-state index in [1.54, 1.807) is 37.3 Å². The van der Waals surface area contributed by atoms with Crippen molar-refractivity contribution >= 4 is 44.6 Å². The predicted octanol–water partition coefficient (Wildman–Crippen LogP) is 5.70. The summed E-state index contributed by atoms with van der Waals surface area (Å²) in [7, 11) is -2.57. The van der Waals surface area contributed by atoms with Crippen molar-refractivity contribution in [1.82, 2.24) is 25.2 Å². The maximum Gasteiger partial charge on any atom is 0.427 e. The van der Waals surface area contributed by atoms with Crippen LogP contribution >= 0.6 is 0 Å². The summed E-state index contributed by atoms with van der Waals surface area (Å²) < 4.78 is 91.6. The number of fused-ring (bicyclic) bond motifs is 3. The number of aromatic nitrogens is 1. The summed E-state index contributed by atoms with van der Waals surface area (Å²) in [5.41, 5.74) is -4.56. The molecule has 19 heteroatoms. The smallest absolute Gasteiger partial charge is 0.427 e. The summed E-state index contributed by atoms with van der Waals surface area (Å²) in [4.78, 5) is 62.5. The van der Waals surface area contributed by atoms with Crippen LogP contribution < -0.4 is 29.6 Å². The summed E-state index contributed by atoms with van der Waals surface area (Å²) in [5, 5.41) is 6.41. The summed E-state index contributed by atoms with van der Waals surface area (Å²) in [6, 6.07) is 4.11. The van der Waals surface area contributed by atoms with Crippen LogP contribution in [0.15, 0.2) is 36.4 Å². The molecule has 15 nitrogen and oxygen atoms in total. The number of alkyl carbamates (subject to hydrolysis) is 1. The monoisotopic (exact) mass is 879 g/mol. The van der Waals surface area contributed by atoms with Gasteiger partial charge >= 0.3 is 12.3 Å². The molecule has 2 aromatic rings. The molecule has 2 aliphatic heterocycles. The second-order valence-corrected chi connectivity index (χ2v) is 20.2. The topological polar surface area (TPSA) is 192 Å². The molecule has 1 aromatic carbocycles. The van der Waals surface area contributed by atoms with Crippen molar-refractivity contribution in [2.75, 3.05) is 13.7 Å². The van der Waals surface area contributed by atoms with Crippen LogP contribution in [-0.2, 0) is 29.1 Å². The Balaban J connectivity index is 1.38. The van der Waals surface area contributed by atoms with Crippen LogP contribution in [0.25, 0.3) is 10.8 Å². The van der Waals surface area contributed by atoms with Crippen molar-refractivity contribution in [3.05, 3.63) is 36.4 Å². The molecule has 61 heavy (non-hydrogen) atoms. The molecule has 1 saturated heterocycles. The van der Waals surface area contributed by atoms with Crippen molar-refractivity contribution in [2.45, 2.75) is 140 Å². The largest absolute Gasteiger partial charge is 0.497 e. The van der Waals surface area contributed by atoms with Crippen molar-refractivity contribution < 1.29 is 59.7 Å². The molecule has 2 saturated carbocycles. The highest BCUT2D eigenvalue weighted by Crippen LogP contribution is 2.48. The summed E-state index contributed by atoms with van der Waals surface area (Å²) >= 11 is 0. The quantitative estimate of drug-likeness (QED) is 0.248. The van der Waals surface area contributed by atoms with Gasteiger partial charge in [0.05, 0.1) is 24.5 Å². The zero-order valence-electron chi connectivity index (χ0n) is 35.7. The molecular weight excluding hydrogens is 824 g/mol. The van der Waals surface area contributed by atoms with Gasteiger partial charge in [-0.15, -0.1) is 0 Å². The van der Waals surface area contributed by atoms with Crippen LogP contribution in [0.1, 0.15) is 93.4 Å². The molecule has 3 N–H and O–H groups in total. The van der Waals surface area contributed by atoms with Gasteiger partial charge in [0, 0.05) is 23.8 Å². The molecule has 0 radical (unpaired) electrons. The van der Waals surface area contributed by atoms with E-state index < -0.39 is 85.9 Å². The summed E-state index contributed by atoms with van der Waals surface area (Å²) in [6.45, 7) is 9.94. The Labute approximate surface area is 353 Å². The number of amides is 4. The zero-order chi connectivity index (χ0) is 44.9. The van der Waals surface area contributed by atoms with Crippen LogP contribution in [0, 0.1) is 17.8 Å². The second-order valence-electron chi connectivity index (χ2n) is 18.0. The van der Waals surface area contributed by atoms with Crippen LogP contribution in [0.2, 0.25) is 0 Å². The number of halogens is 3. The van der Waals surface area contributed by atoms with E-state index >= 15 is 0 Å². The van der Waals surface area contributed by atoms with Gasteiger partial charge in [0.2, 0.25) is 39.2 Å². The lowest BCUT2D eigenvalue weighted by Crippen LogP contribution is -2.59. The van der Waals surface area contributed by atoms with Gasteiger partial charge < -0.3 is 34.5 Å². The molecule has 3 fully saturated rings. The van der Waals surface area contributed by atoms with E-state index in [9.17, 15) is 40.8 Å². The number of pyridine rings is 1. The summed E-state index contributed by atoms with van der Waals surface area (Å²) in [6.07, 6.45) is -1.77. The highest BCUT2D eigenvalue weighted by molar-refractivity contribution is 7.91. The van der Waals surface area contributed by atoms with E-state index in [4.69, 9.17) is 18.9 Å². The zero-order valence-corrected chi connectivity index (χ0v) is 36.5. The number of allylic oxidation sites excluding steroid dienone is 1. The normalized spacial score (nSPS) is 28.1. The number of hydrogen-bond donors (Lipinski definition) is 3. The minimum atomic E-state index is -4.92. The third-order valence-electron chi connectivity index (χ3n) is 12.2. The Hall–Kier alpha value is -4.81. The first-order valence-corrected chi connectivity index (χ1v) is 22.1. The molecule has 4 amide bonds. The van der Waals surface area contributed by atoms with E-state index in [0.29, 0.717) is 62.5 Å². The number of carbonyl (C=O) groups is 4. The maximum atomic E-state index is 14.9. The van der Waals surface area contributed by atoms with Crippen LogP contribution in [0.3, 0.4) is 0 Å². The first-order chi connectivity index (χ1) is 28.4. The molecule has 0 bridgehead atoms. The van der Waals surface area contributed by atoms with Crippen molar-refractivity contribution in [2.24, 2.45) is 17.8 Å². The fraction of sp³-hybridized carbons (Fsp3) is 0.643. The number of methoxy groups -OCH3 is 1. The predicted molar refractivity (Wildman–Crippen MR) is 217 cm³/mol. The van der Waals surface area contributed by atoms with Crippen molar-refractivity contribution in [3.63, 3.8) is 0 Å². The van der Waals surface area contributed by atoms with Crippen LogP contribution in [0.5, 0.6) is 17.5 Å². The number of carbonyl (C=O) groups excluding carboxylic acids is 4. The molecule has 336 valence electrons. The Morgan fingerprint density at radius 2 is 1.79 bits per heavy atom. The lowest BCUT2D eigenvalue weighted by molar-refractivity contribution is -0.244. The average molecular weight is 880 g/mol. The molecular formula is C42H56F3N5O10S.